The van der Waals surface area contributed by atoms with Gasteiger partial charge in [0.25, 0.3) is 0 Å². The van der Waals surface area contributed by atoms with Gasteiger partial charge < -0.3 is 10.1 Å². The Kier molecular flexibility index (Phi) is 6.48. The molecule has 0 amide bonds. The first-order chi connectivity index (χ1) is 12.2. The third-order valence-electron chi connectivity index (χ3n) is 4.85. The van der Waals surface area contributed by atoms with E-state index in [4.69, 9.17) is 4.74 Å². The Morgan fingerprint density at radius 1 is 0.920 bits per heavy atom. The zero-order valence-electron chi connectivity index (χ0n) is 15.5. The minimum atomic E-state index is 0.588. The molecule has 0 unspecified atom stereocenters. The average Bonchev–Trinajstić information content (AvgIpc) is 2.64. The molecule has 2 aromatic rings. The van der Waals surface area contributed by atoms with Crippen LogP contribution in [0.5, 0.6) is 5.75 Å². The minimum Gasteiger partial charge on any atom is -0.493 e. The highest BCUT2D eigenvalue weighted by atomic mass is 16.5. The fraction of sp³-hybridized carbons (Fsp3) is 0.455. The molecule has 1 heterocycles. The van der Waals surface area contributed by atoms with Gasteiger partial charge in [-0.2, -0.15) is 0 Å². The first-order valence-electron chi connectivity index (χ1n) is 9.44. The fourth-order valence-corrected chi connectivity index (χ4v) is 3.17. The van der Waals surface area contributed by atoms with Crippen molar-refractivity contribution in [1.82, 2.24) is 10.2 Å². The molecule has 0 spiro atoms. The molecule has 1 fully saturated rings. The molecule has 1 aliphatic heterocycles. The molecule has 0 aliphatic carbocycles. The van der Waals surface area contributed by atoms with E-state index >= 15 is 0 Å². The number of piperazine rings is 1. The lowest BCUT2D eigenvalue weighted by molar-refractivity contribution is 0.233. The van der Waals surface area contributed by atoms with Crippen molar-refractivity contribution in [3.05, 3.63) is 65.2 Å². The highest BCUT2D eigenvalue weighted by molar-refractivity contribution is 5.28. The SMILES string of the molecule is CC(C)c1ccc(CCOc2ccc(CN3CCNCC3)cc2)cc1. The normalized spacial score (nSPS) is 15.5. The number of nitrogens with zero attached hydrogens (tertiary/aromatic N) is 1. The second kappa shape index (κ2) is 9.02. The van der Waals surface area contributed by atoms with Crippen LogP contribution >= 0.6 is 0 Å². The van der Waals surface area contributed by atoms with Crippen LogP contribution in [-0.4, -0.2) is 37.7 Å². The minimum absolute atomic E-state index is 0.588. The van der Waals surface area contributed by atoms with Crippen molar-refractivity contribution < 1.29 is 4.74 Å². The van der Waals surface area contributed by atoms with Crippen molar-refractivity contribution in [2.75, 3.05) is 32.8 Å². The van der Waals surface area contributed by atoms with Crippen LogP contribution in [0.25, 0.3) is 0 Å². The van der Waals surface area contributed by atoms with E-state index in [-0.39, 0.29) is 0 Å². The Hall–Kier alpha value is -1.84. The van der Waals surface area contributed by atoms with E-state index in [1.165, 1.54) is 16.7 Å². The smallest absolute Gasteiger partial charge is 0.119 e. The van der Waals surface area contributed by atoms with Crippen molar-refractivity contribution in [1.29, 1.82) is 0 Å². The van der Waals surface area contributed by atoms with Crippen molar-refractivity contribution >= 4 is 0 Å². The maximum absolute atomic E-state index is 5.91. The summed E-state index contributed by atoms with van der Waals surface area (Å²) in [7, 11) is 0. The molecular weight excluding hydrogens is 308 g/mol. The molecule has 3 nitrogen and oxygen atoms in total. The van der Waals surface area contributed by atoms with Crippen molar-refractivity contribution in [2.24, 2.45) is 0 Å². The molecule has 25 heavy (non-hydrogen) atoms. The molecule has 0 saturated carbocycles. The first kappa shape index (κ1) is 18.0. The Bertz CT molecular complexity index is 628. The zero-order chi connectivity index (χ0) is 17.5. The molecule has 1 N–H and O–H groups in total. The van der Waals surface area contributed by atoms with Gasteiger partial charge in [-0.15, -0.1) is 0 Å². The lowest BCUT2D eigenvalue weighted by Gasteiger charge is -2.27. The van der Waals surface area contributed by atoms with E-state index in [0.717, 1.165) is 51.5 Å². The molecule has 0 bridgehead atoms. The molecule has 3 rings (SSSR count). The van der Waals surface area contributed by atoms with E-state index < -0.39 is 0 Å². The van der Waals surface area contributed by atoms with Crippen LogP contribution in [-0.2, 0) is 13.0 Å². The number of ether oxygens (including phenoxy) is 1. The second-order valence-electron chi connectivity index (χ2n) is 7.16. The van der Waals surface area contributed by atoms with E-state index in [1.54, 1.807) is 0 Å². The molecule has 134 valence electrons. The molecule has 0 aromatic heterocycles. The van der Waals surface area contributed by atoms with Crippen molar-refractivity contribution in [2.45, 2.75) is 32.7 Å². The van der Waals surface area contributed by atoms with Gasteiger partial charge in [-0.3, -0.25) is 4.90 Å². The molecule has 0 atom stereocenters. The second-order valence-corrected chi connectivity index (χ2v) is 7.16. The summed E-state index contributed by atoms with van der Waals surface area (Å²) in [4.78, 5) is 2.49. The first-order valence-corrected chi connectivity index (χ1v) is 9.44. The van der Waals surface area contributed by atoms with E-state index in [0.29, 0.717) is 5.92 Å². The van der Waals surface area contributed by atoms with E-state index in [9.17, 15) is 0 Å². The summed E-state index contributed by atoms with van der Waals surface area (Å²) in [5, 5.41) is 3.39. The lowest BCUT2D eigenvalue weighted by atomic mass is 10.0. The maximum atomic E-state index is 5.91. The van der Waals surface area contributed by atoms with Gasteiger partial charge in [0, 0.05) is 39.1 Å². The van der Waals surface area contributed by atoms with Crippen LogP contribution in [0, 0.1) is 0 Å². The van der Waals surface area contributed by atoms with Crippen LogP contribution in [0.4, 0.5) is 0 Å². The topological polar surface area (TPSA) is 24.5 Å². The summed E-state index contributed by atoms with van der Waals surface area (Å²) in [6, 6.07) is 17.5. The van der Waals surface area contributed by atoms with E-state index in [1.807, 2.05) is 0 Å². The average molecular weight is 338 g/mol. The monoisotopic (exact) mass is 338 g/mol. The van der Waals surface area contributed by atoms with Crippen LogP contribution in [0.3, 0.4) is 0 Å². The summed E-state index contributed by atoms with van der Waals surface area (Å²) in [6.07, 6.45) is 0.945. The standard InChI is InChI=1S/C22H30N2O/c1-18(2)21-7-3-19(4-8-21)11-16-25-22-9-5-20(6-10-22)17-24-14-12-23-13-15-24/h3-10,18,23H,11-17H2,1-2H3. The van der Waals surface area contributed by atoms with Gasteiger partial charge in [0.2, 0.25) is 0 Å². The van der Waals surface area contributed by atoms with E-state index in [2.05, 4.69) is 72.6 Å². The lowest BCUT2D eigenvalue weighted by Crippen LogP contribution is -2.42. The van der Waals surface area contributed by atoms with Gasteiger partial charge in [0.15, 0.2) is 0 Å². The van der Waals surface area contributed by atoms with Gasteiger partial charge in [-0.1, -0.05) is 50.2 Å². The Morgan fingerprint density at radius 3 is 2.20 bits per heavy atom. The molecule has 0 radical (unpaired) electrons. The van der Waals surface area contributed by atoms with Crippen LogP contribution in [0.1, 0.15) is 36.5 Å². The number of hydrogen-bond donors (Lipinski definition) is 1. The summed E-state index contributed by atoms with van der Waals surface area (Å²) in [5.74, 6) is 1.55. The summed E-state index contributed by atoms with van der Waals surface area (Å²) < 4.78 is 5.91. The number of nitrogens with one attached hydrogen (secondary N) is 1. The number of benzene rings is 2. The third-order valence-corrected chi connectivity index (χ3v) is 4.85. The zero-order valence-corrected chi connectivity index (χ0v) is 15.5. The summed E-state index contributed by atoms with van der Waals surface area (Å²) in [6.45, 7) is 10.7. The highest BCUT2D eigenvalue weighted by Gasteiger charge is 2.09. The Balaban J connectivity index is 1.43. The predicted molar refractivity (Wildman–Crippen MR) is 104 cm³/mol. The molecule has 1 aliphatic rings. The Morgan fingerprint density at radius 2 is 1.56 bits per heavy atom. The quantitative estimate of drug-likeness (QED) is 0.830. The van der Waals surface area contributed by atoms with Crippen molar-refractivity contribution in [3.8, 4) is 5.75 Å². The van der Waals surface area contributed by atoms with Gasteiger partial charge in [0.1, 0.15) is 5.75 Å². The largest absolute Gasteiger partial charge is 0.493 e. The summed E-state index contributed by atoms with van der Waals surface area (Å²) >= 11 is 0. The third kappa shape index (κ3) is 5.58. The number of hydrogen-bond acceptors (Lipinski definition) is 3. The summed E-state index contributed by atoms with van der Waals surface area (Å²) in [5.41, 5.74) is 4.09. The maximum Gasteiger partial charge on any atom is 0.119 e. The van der Waals surface area contributed by atoms with Gasteiger partial charge >= 0.3 is 0 Å². The van der Waals surface area contributed by atoms with Crippen LogP contribution in [0.2, 0.25) is 0 Å². The number of rotatable bonds is 7. The highest BCUT2D eigenvalue weighted by Crippen LogP contribution is 2.16. The van der Waals surface area contributed by atoms with Crippen LogP contribution in [0.15, 0.2) is 48.5 Å². The Labute approximate surface area is 152 Å². The predicted octanol–water partition coefficient (Wildman–Crippen LogP) is 3.84. The molecule has 3 heteroatoms. The fourth-order valence-electron chi connectivity index (χ4n) is 3.17. The molecular formula is C22H30N2O. The van der Waals surface area contributed by atoms with Gasteiger partial charge in [-0.05, 0) is 34.7 Å². The molecule has 1 saturated heterocycles. The molecule has 2 aromatic carbocycles. The van der Waals surface area contributed by atoms with Crippen molar-refractivity contribution in [3.63, 3.8) is 0 Å². The van der Waals surface area contributed by atoms with Crippen LogP contribution < -0.4 is 10.1 Å². The van der Waals surface area contributed by atoms with Gasteiger partial charge in [-0.25, -0.2) is 0 Å². The van der Waals surface area contributed by atoms with Gasteiger partial charge in [0.05, 0.1) is 6.61 Å².